The van der Waals surface area contributed by atoms with Crippen molar-refractivity contribution in [2.45, 2.75) is 64.2 Å². The molecule has 0 nitrogen and oxygen atoms in total. The van der Waals surface area contributed by atoms with Gasteiger partial charge in [0, 0.05) is 0 Å². The Labute approximate surface area is 141 Å². The van der Waals surface area contributed by atoms with Gasteiger partial charge < -0.3 is 0 Å². The van der Waals surface area contributed by atoms with E-state index in [1.165, 1.54) is 51.4 Å². The lowest BCUT2D eigenvalue weighted by Gasteiger charge is -2.37. The molecular weight excluding hydrogens is 283 g/mol. The molecular formula is C22H31F. The highest BCUT2D eigenvalue weighted by Crippen LogP contribution is 2.42. The summed E-state index contributed by atoms with van der Waals surface area (Å²) in [5.41, 5.74) is 0.900. The lowest BCUT2D eigenvalue weighted by atomic mass is 9.68. The first-order chi connectivity index (χ1) is 11.3. The van der Waals surface area contributed by atoms with Gasteiger partial charge in [-0.05, 0) is 86.7 Å². The van der Waals surface area contributed by atoms with Gasteiger partial charge in [0.05, 0.1) is 0 Å². The molecule has 0 N–H and O–H groups in total. The van der Waals surface area contributed by atoms with E-state index in [4.69, 9.17) is 0 Å². The highest BCUT2D eigenvalue weighted by Gasteiger charge is 2.30. The zero-order valence-corrected chi connectivity index (χ0v) is 14.4. The Morgan fingerprint density at radius 1 is 0.913 bits per heavy atom. The third-order valence-corrected chi connectivity index (χ3v) is 6.49. The van der Waals surface area contributed by atoms with E-state index in [9.17, 15) is 4.39 Å². The molecule has 2 fully saturated rings. The van der Waals surface area contributed by atoms with Crippen molar-refractivity contribution in [2.24, 2.45) is 23.7 Å². The van der Waals surface area contributed by atoms with Crippen LogP contribution < -0.4 is 0 Å². The minimum absolute atomic E-state index is 0.0276. The van der Waals surface area contributed by atoms with Crippen molar-refractivity contribution in [3.8, 4) is 0 Å². The lowest BCUT2D eigenvalue weighted by molar-refractivity contribution is 0.152. The van der Waals surface area contributed by atoms with Crippen LogP contribution in [0.1, 0.15) is 63.4 Å². The minimum atomic E-state index is -0.0276. The monoisotopic (exact) mass is 314 g/mol. The number of hydrogen-bond acceptors (Lipinski definition) is 0. The van der Waals surface area contributed by atoms with Crippen LogP contribution in [0.2, 0.25) is 0 Å². The Balaban J connectivity index is 1.40. The summed E-state index contributed by atoms with van der Waals surface area (Å²) in [6.07, 6.45) is 15.3. The summed E-state index contributed by atoms with van der Waals surface area (Å²) in [7, 11) is 0. The van der Waals surface area contributed by atoms with Gasteiger partial charge in [-0.2, -0.15) is 0 Å². The number of aryl methyl sites for hydroxylation is 1. The molecule has 0 aromatic heterocycles. The van der Waals surface area contributed by atoms with Crippen molar-refractivity contribution in [1.29, 1.82) is 0 Å². The van der Waals surface area contributed by atoms with Crippen LogP contribution in [0, 0.1) is 29.5 Å². The fraction of sp³-hybridized carbons (Fsp3) is 0.636. The van der Waals surface area contributed by atoms with E-state index in [1.807, 2.05) is 12.1 Å². The van der Waals surface area contributed by atoms with Gasteiger partial charge in [0.1, 0.15) is 5.82 Å². The Morgan fingerprint density at radius 2 is 1.52 bits per heavy atom. The van der Waals surface area contributed by atoms with Crippen molar-refractivity contribution in [1.82, 2.24) is 0 Å². The normalized spacial score (nSPS) is 31.7. The summed E-state index contributed by atoms with van der Waals surface area (Å²) in [6.45, 7) is 3.96. The van der Waals surface area contributed by atoms with Crippen LogP contribution in [0.3, 0.4) is 0 Å². The molecule has 0 bridgehead atoms. The highest BCUT2D eigenvalue weighted by molar-refractivity contribution is 5.17. The summed E-state index contributed by atoms with van der Waals surface area (Å²) in [6, 6.07) is 7.27. The molecule has 126 valence electrons. The Hall–Kier alpha value is -1.11. The van der Waals surface area contributed by atoms with Crippen molar-refractivity contribution in [3.63, 3.8) is 0 Å². The fourth-order valence-electron chi connectivity index (χ4n) is 4.86. The molecule has 0 spiro atoms. The van der Waals surface area contributed by atoms with Crippen LogP contribution in [0.15, 0.2) is 36.9 Å². The molecule has 2 saturated carbocycles. The molecule has 0 atom stereocenters. The van der Waals surface area contributed by atoms with Crippen LogP contribution >= 0.6 is 0 Å². The number of hydrogen-bond donors (Lipinski definition) is 0. The van der Waals surface area contributed by atoms with Gasteiger partial charge in [-0.1, -0.05) is 37.1 Å². The molecule has 2 aliphatic rings. The first-order valence-corrected chi connectivity index (χ1v) is 9.62. The summed E-state index contributed by atoms with van der Waals surface area (Å²) in [5, 5.41) is 0. The highest BCUT2D eigenvalue weighted by atomic mass is 19.1. The van der Waals surface area contributed by atoms with E-state index < -0.39 is 0 Å². The van der Waals surface area contributed by atoms with Crippen LogP contribution in [-0.2, 0) is 6.42 Å². The number of rotatable bonds is 5. The van der Waals surface area contributed by atoms with E-state index in [1.54, 1.807) is 12.1 Å². The predicted octanol–water partition coefficient (Wildman–Crippen LogP) is 6.56. The van der Waals surface area contributed by atoms with Gasteiger partial charge in [-0.3, -0.25) is 0 Å². The van der Waals surface area contributed by atoms with Crippen LogP contribution in [0.25, 0.3) is 0 Å². The predicted molar refractivity (Wildman–Crippen MR) is 95.8 cm³/mol. The van der Waals surface area contributed by atoms with Gasteiger partial charge in [0.25, 0.3) is 0 Å². The SMILES string of the molecule is C=CC1CCC(C2CCC(CCc3ccccc3F)CC2)CC1. The maximum Gasteiger partial charge on any atom is 0.126 e. The Bertz CT molecular complexity index is 490. The second kappa shape index (κ2) is 8.13. The molecule has 3 rings (SSSR count). The number of allylic oxidation sites excluding steroid dienone is 1. The van der Waals surface area contributed by atoms with Crippen molar-refractivity contribution in [3.05, 3.63) is 48.3 Å². The van der Waals surface area contributed by atoms with Gasteiger partial charge in [-0.15, -0.1) is 6.58 Å². The second-order valence-electron chi connectivity index (χ2n) is 7.82. The van der Waals surface area contributed by atoms with E-state index in [0.717, 1.165) is 42.1 Å². The van der Waals surface area contributed by atoms with Crippen LogP contribution in [0.5, 0.6) is 0 Å². The average Bonchev–Trinajstić information content (AvgIpc) is 2.62. The third-order valence-electron chi connectivity index (χ3n) is 6.49. The van der Waals surface area contributed by atoms with Crippen molar-refractivity contribution < 1.29 is 4.39 Å². The first-order valence-electron chi connectivity index (χ1n) is 9.62. The van der Waals surface area contributed by atoms with Gasteiger partial charge in [-0.25, -0.2) is 4.39 Å². The number of benzene rings is 1. The molecule has 0 saturated heterocycles. The molecule has 1 aromatic carbocycles. The molecule has 0 unspecified atom stereocenters. The zero-order chi connectivity index (χ0) is 16.1. The van der Waals surface area contributed by atoms with E-state index in [2.05, 4.69) is 12.7 Å². The third kappa shape index (κ3) is 4.46. The molecule has 2 aliphatic carbocycles. The average molecular weight is 314 g/mol. The van der Waals surface area contributed by atoms with E-state index in [0.29, 0.717) is 0 Å². The minimum Gasteiger partial charge on any atom is -0.207 e. The molecule has 0 aliphatic heterocycles. The maximum absolute atomic E-state index is 13.7. The molecule has 1 aromatic rings. The van der Waals surface area contributed by atoms with E-state index in [-0.39, 0.29) is 5.82 Å². The standard InChI is InChI=1S/C22H31F/c1-2-17-7-12-19(13-8-17)20-14-9-18(10-15-20)11-16-21-5-3-4-6-22(21)23/h2-6,17-20H,1,7-16H2. The number of halogens is 1. The summed E-state index contributed by atoms with van der Waals surface area (Å²) in [4.78, 5) is 0. The quantitative estimate of drug-likeness (QED) is 0.540. The first kappa shape index (κ1) is 16.7. The molecule has 1 heteroatoms. The van der Waals surface area contributed by atoms with Gasteiger partial charge in [0.15, 0.2) is 0 Å². The molecule has 0 heterocycles. The Morgan fingerprint density at radius 3 is 2.13 bits per heavy atom. The smallest absolute Gasteiger partial charge is 0.126 e. The molecule has 0 radical (unpaired) electrons. The van der Waals surface area contributed by atoms with Crippen molar-refractivity contribution >= 4 is 0 Å². The van der Waals surface area contributed by atoms with E-state index >= 15 is 0 Å². The summed E-state index contributed by atoms with van der Waals surface area (Å²) in [5.74, 6) is 3.50. The fourth-order valence-corrected chi connectivity index (χ4v) is 4.86. The topological polar surface area (TPSA) is 0 Å². The summed E-state index contributed by atoms with van der Waals surface area (Å²) < 4.78 is 13.7. The van der Waals surface area contributed by atoms with Crippen LogP contribution in [-0.4, -0.2) is 0 Å². The molecule has 23 heavy (non-hydrogen) atoms. The molecule has 0 amide bonds. The lowest BCUT2D eigenvalue weighted by Crippen LogP contribution is -2.25. The van der Waals surface area contributed by atoms with Crippen LogP contribution in [0.4, 0.5) is 4.39 Å². The van der Waals surface area contributed by atoms with Crippen molar-refractivity contribution in [2.75, 3.05) is 0 Å². The van der Waals surface area contributed by atoms with Gasteiger partial charge in [0.2, 0.25) is 0 Å². The maximum atomic E-state index is 13.7. The van der Waals surface area contributed by atoms with Gasteiger partial charge >= 0.3 is 0 Å². The second-order valence-corrected chi connectivity index (χ2v) is 7.82. The Kier molecular flexibility index (Phi) is 5.91. The largest absolute Gasteiger partial charge is 0.207 e. The summed E-state index contributed by atoms with van der Waals surface area (Å²) >= 11 is 0. The zero-order valence-electron chi connectivity index (χ0n) is 14.4.